The van der Waals surface area contributed by atoms with Crippen molar-refractivity contribution in [2.24, 2.45) is 0 Å². The first-order valence-corrected chi connectivity index (χ1v) is 9.89. The van der Waals surface area contributed by atoms with Crippen LogP contribution in [0.2, 0.25) is 0 Å². The van der Waals surface area contributed by atoms with Crippen LogP contribution in [-0.4, -0.2) is 17.9 Å². The number of benzene rings is 2. The molecule has 0 atom stereocenters. The van der Waals surface area contributed by atoms with Crippen LogP contribution in [0, 0.1) is 0 Å². The van der Waals surface area contributed by atoms with Gasteiger partial charge < -0.3 is 9.47 Å². The Balaban J connectivity index is 1.71. The van der Waals surface area contributed by atoms with Crippen LogP contribution in [0.1, 0.15) is 47.8 Å². The maximum Gasteiger partial charge on any atom is 0.187 e. The predicted octanol–water partition coefficient (Wildman–Crippen LogP) is 5.86. The zero-order valence-electron chi connectivity index (χ0n) is 17.9. The van der Waals surface area contributed by atoms with Gasteiger partial charge in [0.1, 0.15) is 18.1 Å². The van der Waals surface area contributed by atoms with E-state index < -0.39 is 0 Å². The lowest BCUT2D eigenvalue weighted by Crippen LogP contribution is -2.10. The normalized spacial score (nSPS) is 11.5. The summed E-state index contributed by atoms with van der Waals surface area (Å²) in [5.74, 6) is 1.46. The fraction of sp³-hybridized carbons (Fsp3) is 0.231. The highest BCUT2D eigenvalue weighted by atomic mass is 16.5. The number of aromatic nitrogens is 1. The molecule has 3 aromatic rings. The molecule has 3 rings (SSSR count). The lowest BCUT2D eigenvalue weighted by molar-refractivity contribution is 0.104. The zero-order valence-corrected chi connectivity index (χ0v) is 17.9. The molecule has 0 N–H and O–H groups in total. The number of hydrogen-bond acceptors (Lipinski definition) is 4. The second-order valence-corrected chi connectivity index (χ2v) is 8.07. The van der Waals surface area contributed by atoms with Crippen molar-refractivity contribution in [2.45, 2.75) is 32.8 Å². The molecule has 4 nitrogen and oxygen atoms in total. The van der Waals surface area contributed by atoms with Gasteiger partial charge in [-0.25, -0.2) is 0 Å². The predicted molar refractivity (Wildman–Crippen MR) is 120 cm³/mol. The lowest BCUT2D eigenvalue weighted by atomic mass is 9.87. The number of rotatable bonds is 7. The summed E-state index contributed by atoms with van der Waals surface area (Å²) >= 11 is 0. The minimum absolute atomic E-state index is 0.0874. The van der Waals surface area contributed by atoms with Gasteiger partial charge >= 0.3 is 0 Å². The SMILES string of the molecule is COc1ccc(/C=C/C(=O)c2cccnc2)cc1COc1ccc(C(C)(C)C)cc1. The number of methoxy groups -OCH3 is 1. The van der Waals surface area contributed by atoms with E-state index in [0.29, 0.717) is 12.2 Å². The minimum Gasteiger partial charge on any atom is -0.496 e. The molecule has 0 aliphatic rings. The number of allylic oxidation sites excluding steroid dienone is 1. The van der Waals surface area contributed by atoms with Gasteiger partial charge in [-0.1, -0.05) is 45.0 Å². The smallest absolute Gasteiger partial charge is 0.187 e. The first-order chi connectivity index (χ1) is 14.4. The zero-order chi connectivity index (χ0) is 21.6. The molecular weight excluding hydrogens is 374 g/mol. The highest BCUT2D eigenvalue weighted by Gasteiger charge is 2.13. The van der Waals surface area contributed by atoms with Crippen LogP contribution >= 0.6 is 0 Å². The van der Waals surface area contributed by atoms with Crippen molar-refractivity contribution >= 4 is 11.9 Å². The van der Waals surface area contributed by atoms with Gasteiger partial charge in [-0.05, 0) is 59.0 Å². The molecule has 0 unspecified atom stereocenters. The standard InChI is InChI=1S/C26H27NO3/c1-26(2,3)22-9-11-23(12-10-22)30-18-21-16-19(8-14-25(21)29-4)7-13-24(28)20-6-5-15-27-17-20/h5-17H,18H2,1-4H3/b13-7+. The first kappa shape index (κ1) is 21.3. The molecule has 0 bridgehead atoms. The summed E-state index contributed by atoms with van der Waals surface area (Å²) in [4.78, 5) is 16.2. The molecule has 1 heterocycles. The van der Waals surface area contributed by atoms with Crippen LogP contribution in [0.25, 0.3) is 6.08 Å². The summed E-state index contributed by atoms with van der Waals surface area (Å²) < 4.78 is 11.4. The Hall–Kier alpha value is -3.40. The van der Waals surface area contributed by atoms with E-state index in [2.05, 4.69) is 37.9 Å². The van der Waals surface area contributed by atoms with E-state index in [1.54, 1.807) is 43.8 Å². The number of carbonyl (C=O) groups excluding carboxylic acids is 1. The molecule has 0 fully saturated rings. The Morgan fingerprint density at radius 2 is 1.83 bits per heavy atom. The quantitative estimate of drug-likeness (QED) is 0.367. The molecular formula is C26H27NO3. The van der Waals surface area contributed by atoms with E-state index in [1.165, 1.54) is 5.56 Å². The van der Waals surface area contributed by atoms with Crippen LogP contribution in [-0.2, 0) is 12.0 Å². The van der Waals surface area contributed by atoms with Crippen molar-refractivity contribution in [3.63, 3.8) is 0 Å². The average molecular weight is 402 g/mol. The van der Waals surface area contributed by atoms with E-state index in [0.717, 1.165) is 22.6 Å². The molecule has 0 saturated heterocycles. The average Bonchev–Trinajstić information content (AvgIpc) is 2.76. The maximum atomic E-state index is 12.3. The van der Waals surface area contributed by atoms with Gasteiger partial charge in [-0.2, -0.15) is 0 Å². The van der Waals surface area contributed by atoms with E-state index in [4.69, 9.17) is 9.47 Å². The molecule has 0 spiro atoms. The summed E-state index contributed by atoms with van der Waals surface area (Å²) in [5.41, 5.74) is 3.74. The summed E-state index contributed by atoms with van der Waals surface area (Å²) in [6, 6.07) is 17.4. The molecule has 154 valence electrons. The van der Waals surface area contributed by atoms with Crippen molar-refractivity contribution in [3.8, 4) is 11.5 Å². The number of ether oxygens (including phenoxy) is 2. The Bertz CT molecular complexity index is 1020. The minimum atomic E-state index is -0.0874. The van der Waals surface area contributed by atoms with E-state index in [9.17, 15) is 4.79 Å². The summed E-state index contributed by atoms with van der Waals surface area (Å²) in [5, 5.41) is 0. The summed E-state index contributed by atoms with van der Waals surface area (Å²) in [6.07, 6.45) is 6.54. The maximum absolute atomic E-state index is 12.3. The topological polar surface area (TPSA) is 48.4 Å². The second-order valence-electron chi connectivity index (χ2n) is 8.07. The van der Waals surface area contributed by atoms with Crippen molar-refractivity contribution in [3.05, 3.63) is 95.3 Å². The number of hydrogen-bond donors (Lipinski definition) is 0. The monoisotopic (exact) mass is 401 g/mol. The third-order valence-electron chi connectivity index (χ3n) is 4.79. The largest absolute Gasteiger partial charge is 0.496 e. The fourth-order valence-corrected chi connectivity index (χ4v) is 3.00. The third kappa shape index (κ3) is 5.57. The Morgan fingerprint density at radius 1 is 1.07 bits per heavy atom. The van der Waals surface area contributed by atoms with Crippen molar-refractivity contribution in [1.29, 1.82) is 0 Å². The Labute approximate surface area is 178 Å². The van der Waals surface area contributed by atoms with Crippen molar-refractivity contribution in [1.82, 2.24) is 4.98 Å². The molecule has 0 radical (unpaired) electrons. The molecule has 4 heteroatoms. The van der Waals surface area contributed by atoms with Gasteiger partial charge in [0.2, 0.25) is 0 Å². The van der Waals surface area contributed by atoms with Gasteiger partial charge in [0.15, 0.2) is 5.78 Å². The van der Waals surface area contributed by atoms with Gasteiger partial charge in [-0.3, -0.25) is 9.78 Å². The molecule has 0 aliphatic carbocycles. The molecule has 0 amide bonds. The molecule has 0 saturated carbocycles. The molecule has 30 heavy (non-hydrogen) atoms. The molecule has 1 aromatic heterocycles. The Morgan fingerprint density at radius 3 is 2.47 bits per heavy atom. The van der Waals surface area contributed by atoms with Crippen LogP contribution in [0.15, 0.2) is 73.1 Å². The lowest BCUT2D eigenvalue weighted by Gasteiger charge is -2.19. The van der Waals surface area contributed by atoms with Gasteiger partial charge in [0, 0.05) is 23.5 Å². The van der Waals surface area contributed by atoms with Crippen LogP contribution in [0.4, 0.5) is 0 Å². The third-order valence-corrected chi connectivity index (χ3v) is 4.79. The molecule has 2 aromatic carbocycles. The summed E-state index contributed by atoms with van der Waals surface area (Å²) in [7, 11) is 1.64. The highest BCUT2D eigenvalue weighted by molar-refractivity contribution is 6.06. The van der Waals surface area contributed by atoms with Crippen LogP contribution < -0.4 is 9.47 Å². The van der Waals surface area contributed by atoms with Crippen molar-refractivity contribution in [2.75, 3.05) is 7.11 Å². The number of ketones is 1. The van der Waals surface area contributed by atoms with Crippen LogP contribution in [0.3, 0.4) is 0 Å². The van der Waals surface area contributed by atoms with E-state index in [-0.39, 0.29) is 11.2 Å². The van der Waals surface area contributed by atoms with Gasteiger partial charge in [0.05, 0.1) is 7.11 Å². The fourth-order valence-electron chi connectivity index (χ4n) is 3.00. The van der Waals surface area contributed by atoms with Gasteiger partial charge in [0.25, 0.3) is 0 Å². The Kier molecular flexibility index (Phi) is 6.68. The van der Waals surface area contributed by atoms with E-state index in [1.807, 2.05) is 30.3 Å². The number of carbonyl (C=O) groups is 1. The highest BCUT2D eigenvalue weighted by Crippen LogP contribution is 2.26. The number of nitrogens with zero attached hydrogens (tertiary/aromatic N) is 1. The summed E-state index contributed by atoms with van der Waals surface area (Å²) in [6.45, 7) is 6.93. The second kappa shape index (κ2) is 9.40. The van der Waals surface area contributed by atoms with Gasteiger partial charge in [-0.15, -0.1) is 0 Å². The van der Waals surface area contributed by atoms with E-state index >= 15 is 0 Å². The van der Waals surface area contributed by atoms with Crippen LogP contribution in [0.5, 0.6) is 11.5 Å². The number of pyridine rings is 1. The molecule has 0 aliphatic heterocycles. The first-order valence-electron chi connectivity index (χ1n) is 9.89. The van der Waals surface area contributed by atoms with Crippen molar-refractivity contribution < 1.29 is 14.3 Å².